The number of rotatable bonds is 7. The molecule has 7 nitrogen and oxygen atoms in total. The van der Waals surface area contributed by atoms with Crippen LogP contribution in [0.15, 0.2) is 57.0 Å². The highest BCUT2D eigenvalue weighted by Gasteiger charge is 2.16. The first-order valence-corrected chi connectivity index (χ1v) is 10.7. The van der Waals surface area contributed by atoms with Gasteiger partial charge in [0.2, 0.25) is 10.0 Å². The molecule has 1 aliphatic carbocycles. The van der Waals surface area contributed by atoms with Crippen molar-refractivity contribution in [2.45, 2.75) is 49.6 Å². The maximum atomic E-state index is 11.3. The molecule has 0 amide bonds. The predicted octanol–water partition coefficient (Wildman–Crippen LogP) is 2.15. The molecule has 1 aromatic heterocycles. The minimum Gasteiger partial charge on any atom is -0.469 e. The molecule has 0 atom stereocenters. The summed E-state index contributed by atoms with van der Waals surface area (Å²) in [5.41, 5.74) is 0.918. The molecule has 0 spiro atoms. The minimum absolute atomic E-state index is 0.108. The summed E-state index contributed by atoms with van der Waals surface area (Å²) >= 11 is 0. The number of hydrogen-bond acceptors (Lipinski definition) is 4. The number of benzene rings is 1. The summed E-state index contributed by atoms with van der Waals surface area (Å²) < 4.78 is 28.0. The van der Waals surface area contributed by atoms with E-state index in [0.717, 1.165) is 43.1 Å². The van der Waals surface area contributed by atoms with E-state index >= 15 is 0 Å². The number of aliphatic imine (C=N–C) groups is 1. The standard InChI is InChI=1S/C19H26N4O3S/c20-27(24,25)18-9-7-15(8-10-18)14-22-19(23-16-4-1-2-5-16)21-12-11-17-6-3-13-26-17/h3,6-10,13,16H,1-2,4-5,11-12,14H2,(H2,20,24,25)(H2,21,22,23). The van der Waals surface area contributed by atoms with Crippen molar-refractivity contribution in [2.24, 2.45) is 10.1 Å². The van der Waals surface area contributed by atoms with Gasteiger partial charge in [-0.05, 0) is 42.7 Å². The molecule has 1 aliphatic rings. The molecule has 1 fully saturated rings. The average Bonchev–Trinajstić information content (AvgIpc) is 3.33. The van der Waals surface area contributed by atoms with Crippen LogP contribution in [0.5, 0.6) is 0 Å². The van der Waals surface area contributed by atoms with Crippen LogP contribution in [-0.2, 0) is 23.0 Å². The second-order valence-electron chi connectivity index (χ2n) is 6.74. The molecule has 27 heavy (non-hydrogen) atoms. The van der Waals surface area contributed by atoms with Crippen molar-refractivity contribution in [1.29, 1.82) is 0 Å². The van der Waals surface area contributed by atoms with Crippen molar-refractivity contribution in [3.63, 3.8) is 0 Å². The SMILES string of the molecule is NS(=O)(=O)c1ccc(CN=C(NCCc2ccco2)NC2CCCC2)cc1. The van der Waals surface area contributed by atoms with Crippen LogP contribution in [0.4, 0.5) is 0 Å². The Morgan fingerprint density at radius 1 is 1.19 bits per heavy atom. The average molecular weight is 391 g/mol. The molecule has 0 radical (unpaired) electrons. The maximum Gasteiger partial charge on any atom is 0.238 e. The molecule has 4 N–H and O–H groups in total. The summed E-state index contributed by atoms with van der Waals surface area (Å²) in [6, 6.07) is 10.8. The first-order chi connectivity index (χ1) is 13.0. The molecule has 1 heterocycles. The maximum absolute atomic E-state index is 11.3. The summed E-state index contributed by atoms with van der Waals surface area (Å²) in [7, 11) is -3.67. The highest BCUT2D eigenvalue weighted by molar-refractivity contribution is 7.89. The van der Waals surface area contributed by atoms with Crippen LogP contribution in [0.1, 0.15) is 37.0 Å². The smallest absolute Gasteiger partial charge is 0.238 e. The van der Waals surface area contributed by atoms with Gasteiger partial charge in [-0.1, -0.05) is 25.0 Å². The Kier molecular flexibility index (Phi) is 6.52. The molecule has 1 saturated carbocycles. The summed E-state index contributed by atoms with van der Waals surface area (Å²) in [6.07, 6.45) is 7.25. The third-order valence-corrected chi connectivity index (χ3v) is 5.54. The highest BCUT2D eigenvalue weighted by atomic mass is 32.2. The fraction of sp³-hybridized carbons (Fsp3) is 0.421. The number of nitrogens with two attached hydrogens (primary N) is 1. The Balaban J connectivity index is 1.61. The van der Waals surface area contributed by atoms with E-state index in [0.29, 0.717) is 12.6 Å². The topological polar surface area (TPSA) is 110 Å². The van der Waals surface area contributed by atoms with E-state index in [4.69, 9.17) is 9.56 Å². The van der Waals surface area contributed by atoms with Crippen molar-refractivity contribution < 1.29 is 12.8 Å². The quantitative estimate of drug-likeness (QED) is 0.496. The Hall–Kier alpha value is -2.32. The zero-order valence-electron chi connectivity index (χ0n) is 15.2. The van der Waals surface area contributed by atoms with Crippen LogP contribution in [0, 0.1) is 0 Å². The van der Waals surface area contributed by atoms with Crippen molar-refractivity contribution in [3.05, 3.63) is 54.0 Å². The highest BCUT2D eigenvalue weighted by Crippen LogP contribution is 2.17. The number of nitrogens with zero attached hydrogens (tertiary/aromatic N) is 1. The third kappa shape index (κ3) is 6.11. The van der Waals surface area contributed by atoms with Gasteiger partial charge in [-0.2, -0.15) is 0 Å². The van der Waals surface area contributed by atoms with Crippen molar-refractivity contribution in [1.82, 2.24) is 10.6 Å². The van der Waals surface area contributed by atoms with Crippen LogP contribution in [0.2, 0.25) is 0 Å². The molecule has 1 aromatic carbocycles. The molecule has 8 heteroatoms. The lowest BCUT2D eigenvalue weighted by Crippen LogP contribution is -2.43. The summed E-state index contributed by atoms with van der Waals surface area (Å²) in [4.78, 5) is 4.76. The van der Waals surface area contributed by atoms with Crippen molar-refractivity contribution in [2.75, 3.05) is 6.54 Å². The minimum atomic E-state index is -3.67. The first kappa shape index (κ1) is 19.4. The lowest BCUT2D eigenvalue weighted by Gasteiger charge is -2.17. The monoisotopic (exact) mass is 390 g/mol. The van der Waals surface area contributed by atoms with Gasteiger partial charge in [-0.3, -0.25) is 0 Å². The van der Waals surface area contributed by atoms with Crippen LogP contribution in [-0.4, -0.2) is 27.0 Å². The number of nitrogens with one attached hydrogen (secondary N) is 2. The fourth-order valence-corrected chi connectivity index (χ4v) is 3.65. The Morgan fingerprint density at radius 2 is 1.93 bits per heavy atom. The molecule has 0 saturated heterocycles. The van der Waals surface area contributed by atoms with Crippen LogP contribution in [0.3, 0.4) is 0 Å². The lowest BCUT2D eigenvalue weighted by atomic mass is 10.2. The number of hydrogen-bond donors (Lipinski definition) is 3. The normalized spacial score (nSPS) is 15.8. The summed E-state index contributed by atoms with van der Waals surface area (Å²) in [5.74, 6) is 1.70. The zero-order chi connectivity index (χ0) is 19.1. The van der Waals surface area contributed by atoms with Gasteiger partial charge in [0.1, 0.15) is 5.76 Å². The summed E-state index contributed by atoms with van der Waals surface area (Å²) in [6.45, 7) is 1.17. The van der Waals surface area contributed by atoms with Gasteiger partial charge >= 0.3 is 0 Å². The van der Waals surface area contributed by atoms with Gasteiger partial charge in [0.15, 0.2) is 5.96 Å². The first-order valence-electron chi connectivity index (χ1n) is 9.20. The zero-order valence-corrected chi connectivity index (χ0v) is 16.0. The fourth-order valence-electron chi connectivity index (χ4n) is 3.13. The molecule has 2 aromatic rings. The Morgan fingerprint density at radius 3 is 2.56 bits per heavy atom. The lowest BCUT2D eigenvalue weighted by molar-refractivity contribution is 0.506. The van der Waals surface area contributed by atoms with Gasteiger partial charge in [-0.15, -0.1) is 0 Å². The van der Waals surface area contributed by atoms with E-state index in [1.165, 1.54) is 25.0 Å². The molecular formula is C19H26N4O3S. The molecule has 0 aliphatic heterocycles. The van der Waals surface area contributed by atoms with E-state index < -0.39 is 10.0 Å². The van der Waals surface area contributed by atoms with Gasteiger partial charge in [0.05, 0.1) is 17.7 Å². The van der Waals surface area contributed by atoms with E-state index in [1.807, 2.05) is 12.1 Å². The van der Waals surface area contributed by atoms with Gasteiger partial charge in [0.25, 0.3) is 0 Å². The van der Waals surface area contributed by atoms with Gasteiger partial charge in [-0.25, -0.2) is 18.5 Å². The van der Waals surface area contributed by atoms with Crippen molar-refractivity contribution in [3.8, 4) is 0 Å². The van der Waals surface area contributed by atoms with Crippen LogP contribution >= 0.6 is 0 Å². The van der Waals surface area contributed by atoms with Crippen LogP contribution in [0.25, 0.3) is 0 Å². The molecule has 0 bridgehead atoms. The van der Waals surface area contributed by atoms with E-state index in [1.54, 1.807) is 18.4 Å². The second-order valence-corrected chi connectivity index (χ2v) is 8.30. The number of sulfonamides is 1. The number of furan rings is 1. The molecule has 146 valence electrons. The Labute approximate surface area is 160 Å². The van der Waals surface area contributed by atoms with Gasteiger partial charge < -0.3 is 15.1 Å². The molecule has 0 unspecified atom stereocenters. The second kappa shape index (κ2) is 9.05. The van der Waals surface area contributed by atoms with E-state index in [2.05, 4.69) is 15.6 Å². The largest absolute Gasteiger partial charge is 0.469 e. The third-order valence-electron chi connectivity index (χ3n) is 4.61. The van der Waals surface area contributed by atoms with E-state index in [-0.39, 0.29) is 4.90 Å². The van der Waals surface area contributed by atoms with Gasteiger partial charge in [0, 0.05) is 19.0 Å². The molecule has 3 rings (SSSR count). The van der Waals surface area contributed by atoms with E-state index in [9.17, 15) is 8.42 Å². The molecular weight excluding hydrogens is 364 g/mol. The predicted molar refractivity (Wildman–Crippen MR) is 105 cm³/mol. The van der Waals surface area contributed by atoms with Crippen molar-refractivity contribution >= 4 is 16.0 Å². The number of primary sulfonamides is 1. The number of guanidine groups is 1. The Bertz CT molecular complexity index is 840. The summed E-state index contributed by atoms with van der Waals surface area (Å²) in [5, 5.41) is 12.0. The van der Waals surface area contributed by atoms with Crippen LogP contribution < -0.4 is 15.8 Å².